The summed E-state index contributed by atoms with van der Waals surface area (Å²) in [5.41, 5.74) is 2.57. The number of phenols is 1. The lowest BCUT2D eigenvalue weighted by atomic mass is 9.79. The molecule has 0 spiro atoms. The van der Waals surface area contributed by atoms with Crippen LogP contribution in [0.1, 0.15) is 66.5 Å². The molecule has 1 saturated heterocycles. The number of benzene rings is 2. The zero-order chi connectivity index (χ0) is 28.0. The summed E-state index contributed by atoms with van der Waals surface area (Å²) in [6.45, 7) is 15.1. The third-order valence-electron chi connectivity index (χ3n) is 6.27. The van der Waals surface area contributed by atoms with E-state index in [2.05, 4.69) is 10.3 Å². The lowest BCUT2D eigenvalue weighted by Gasteiger charge is -2.33. The number of amidine groups is 1. The van der Waals surface area contributed by atoms with E-state index in [0.717, 1.165) is 22.0 Å². The second-order valence-corrected chi connectivity index (χ2v) is 12.1. The number of nitrogens with one attached hydrogen (secondary N) is 1. The van der Waals surface area contributed by atoms with Crippen molar-refractivity contribution < 1.29 is 24.2 Å². The van der Waals surface area contributed by atoms with Crippen LogP contribution in [-0.4, -0.2) is 33.7 Å². The minimum Gasteiger partial charge on any atom is -0.507 e. The predicted molar refractivity (Wildman–Crippen MR) is 148 cm³/mol. The number of anilines is 1. The van der Waals surface area contributed by atoms with Crippen LogP contribution in [0.4, 0.5) is 11.4 Å². The average molecular weight is 518 g/mol. The molecule has 0 amide bonds. The van der Waals surface area contributed by atoms with E-state index in [1.807, 2.05) is 77.9 Å². The van der Waals surface area contributed by atoms with Crippen LogP contribution in [0.25, 0.3) is 10.9 Å². The molecule has 3 aromatic rings. The first-order valence-corrected chi connectivity index (χ1v) is 12.6. The van der Waals surface area contributed by atoms with Crippen molar-refractivity contribution in [3.05, 3.63) is 59.8 Å². The van der Waals surface area contributed by atoms with Gasteiger partial charge in [-0.15, -0.1) is 0 Å². The van der Waals surface area contributed by atoms with Gasteiger partial charge in [0.05, 0.1) is 11.2 Å². The standard InChI is InChI=1S/C30H35N3O5/c1-28(2,3)20-15-19(16-21(24(20)34)29(4,5)6)33-25(23-26(35)37-30(7,8)38-27(23)36)32-18-11-12-22-17(14-18)10-9-13-31-22/h9-16,23,34H,1-8H3,(H,32,33). The van der Waals surface area contributed by atoms with Crippen LogP contribution >= 0.6 is 0 Å². The van der Waals surface area contributed by atoms with Gasteiger partial charge in [0, 0.05) is 42.2 Å². The number of ether oxygens (including phenoxy) is 2. The molecule has 0 aliphatic carbocycles. The molecule has 2 aromatic carbocycles. The molecule has 38 heavy (non-hydrogen) atoms. The van der Waals surface area contributed by atoms with E-state index in [1.165, 1.54) is 13.8 Å². The lowest BCUT2D eigenvalue weighted by Crippen LogP contribution is -2.50. The highest BCUT2D eigenvalue weighted by atomic mass is 16.7. The fourth-order valence-electron chi connectivity index (χ4n) is 4.38. The Kier molecular flexibility index (Phi) is 6.72. The van der Waals surface area contributed by atoms with Crippen LogP contribution in [-0.2, 0) is 29.9 Å². The normalized spacial score (nSPS) is 16.8. The Labute approximate surface area is 223 Å². The third kappa shape index (κ3) is 5.64. The van der Waals surface area contributed by atoms with Gasteiger partial charge in [-0.1, -0.05) is 47.6 Å². The van der Waals surface area contributed by atoms with E-state index in [1.54, 1.807) is 12.3 Å². The molecular formula is C30H35N3O5. The Morgan fingerprint density at radius 1 is 0.947 bits per heavy atom. The number of carbonyl (C=O) groups excluding carboxylic acids is 2. The van der Waals surface area contributed by atoms with E-state index in [9.17, 15) is 14.7 Å². The molecule has 1 fully saturated rings. The maximum absolute atomic E-state index is 13.1. The molecule has 4 rings (SSSR count). The molecule has 2 heterocycles. The first-order valence-electron chi connectivity index (χ1n) is 12.6. The van der Waals surface area contributed by atoms with Gasteiger partial charge in [0.25, 0.3) is 5.79 Å². The zero-order valence-electron chi connectivity index (χ0n) is 23.2. The number of cyclic esters (lactones) is 2. The Morgan fingerprint density at radius 2 is 1.53 bits per heavy atom. The van der Waals surface area contributed by atoms with Gasteiger partial charge in [0.15, 0.2) is 0 Å². The number of phenolic OH excluding ortho intramolecular Hbond substituents is 1. The summed E-state index contributed by atoms with van der Waals surface area (Å²) in [6, 6.07) is 12.8. The van der Waals surface area contributed by atoms with Gasteiger partial charge in [-0.2, -0.15) is 0 Å². The maximum Gasteiger partial charge on any atom is 0.331 e. The van der Waals surface area contributed by atoms with Gasteiger partial charge in [-0.05, 0) is 47.2 Å². The highest BCUT2D eigenvalue weighted by Gasteiger charge is 2.46. The molecule has 0 atom stereocenters. The molecule has 1 aromatic heterocycles. The van der Waals surface area contributed by atoms with Gasteiger partial charge in [0.1, 0.15) is 11.6 Å². The van der Waals surface area contributed by atoms with E-state index in [0.29, 0.717) is 11.4 Å². The van der Waals surface area contributed by atoms with Gasteiger partial charge in [-0.25, -0.2) is 4.99 Å². The topological polar surface area (TPSA) is 110 Å². The molecular weight excluding hydrogens is 482 g/mol. The summed E-state index contributed by atoms with van der Waals surface area (Å²) < 4.78 is 10.8. The monoisotopic (exact) mass is 517 g/mol. The second-order valence-electron chi connectivity index (χ2n) is 12.1. The number of fused-ring (bicyclic) bond motifs is 1. The molecule has 0 unspecified atom stereocenters. The summed E-state index contributed by atoms with van der Waals surface area (Å²) in [4.78, 5) is 35.2. The highest BCUT2D eigenvalue weighted by molar-refractivity contribution is 6.21. The van der Waals surface area contributed by atoms with E-state index in [4.69, 9.17) is 14.5 Å². The number of carbonyl (C=O) groups is 2. The second kappa shape index (κ2) is 9.42. The first kappa shape index (κ1) is 27.1. The number of nitrogens with zero attached hydrogens (tertiary/aromatic N) is 2. The van der Waals surface area contributed by atoms with Crippen molar-refractivity contribution in [2.24, 2.45) is 10.9 Å². The van der Waals surface area contributed by atoms with Crippen molar-refractivity contribution in [2.75, 3.05) is 5.32 Å². The number of aromatic hydroxyl groups is 1. The number of aliphatic imine (C=N–C) groups is 1. The SMILES string of the molecule is CC1(C)OC(=O)C(C(=Nc2ccc3ncccc3c2)Nc2cc(C(C)(C)C)c(O)c(C(C)(C)C)c2)C(=O)O1. The fourth-order valence-corrected chi connectivity index (χ4v) is 4.38. The van der Waals surface area contributed by atoms with Gasteiger partial charge in [0.2, 0.25) is 5.92 Å². The number of aromatic nitrogens is 1. The molecule has 1 aliphatic heterocycles. The summed E-state index contributed by atoms with van der Waals surface area (Å²) in [6.07, 6.45) is 1.71. The smallest absolute Gasteiger partial charge is 0.331 e. The van der Waals surface area contributed by atoms with Crippen molar-refractivity contribution >= 4 is 40.1 Å². The Morgan fingerprint density at radius 3 is 2.08 bits per heavy atom. The van der Waals surface area contributed by atoms with Crippen LogP contribution in [0.15, 0.2) is 53.7 Å². The number of esters is 2. The van der Waals surface area contributed by atoms with Crippen LogP contribution in [0, 0.1) is 5.92 Å². The van der Waals surface area contributed by atoms with Gasteiger partial charge in [-0.3, -0.25) is 14.6 Å². The first-order chi connectivity index (χ1) is 17.5. The highest BCUT2D eigenvalue weighted by Crippen LogP contribution is 2.41. The fraction of sp³-hybridized carbons (Fsp3) is 0.400. The molecule has 200 valence electrons. The summed E-state index contributed by atoms with van der Waals surface area (Å²) >= 11 is 0. The Hall–Kier alpha value is -3.94. The molecule has 0 radical (unpaired) electrons. The molecule has 8 heteroatoms. The predicted octanol–water partition coefficient (Wildman–Crippen LogP) is 6.13. The van der Waals surface area contributed by atoms with Gasteiger partial charge >= 0.3 is 11.9 Å². The van der Waals surface area contributed by atoms with Crippen molar-refractivity contribution in [3.63, 3.8) is 0 Å². The maximum atomic E-state index is 13.1. The summed E-state index contributed by atoms with van der Waals surface area (Å²) in [5, 5.41) is 15.2. The van der Waals surface area contributed by atoms with Crippen molar-refractivity contribution in [1.29, 1.82) is 0 Å². The Bertz CT molecular complexity index is 1390. The van der Waals surface area contributed by atoms with Crippen LogP contribution in [0.2, 0.25) is 0 Å². The van der Waals surface area contributed by atoms with Crippen LogP contribution < -0.4 is 5.32 Å². The van der Waals surface area contributed by atoms with Crippen molar-refractivity contribution in [2.45, 2.75) is 72.0 Å². The molecule has 0 bridgehead atoms. The molecule has 2 N–H and O–H groups in total. The summed E-state index contributed by atoms with van der Waals surface area (Å²) in [7, 11) is 0. The van der Waals surface area contributed by atoms with Crippen molar-refractivity contribution in [3.8, 4) is 5.75 Å². The van der Waals surface area contributed by atoms with Gasteiger partial charge < -0.3 is 19.9 Å². The van der Waals surface area contributed by atoms with E-state index < -0.39 is 23.6 Å². The minimum absolute atomic E-state index is 0.0594. The van der Waals surface area contributed by atoms with E-state index in [-0.39, 0.29) is 22.4 Å². The molecule has 8 nitrogen and oxygen atoms in total. The van der Waals surface area contributed by atoms with Crippen molar-refractivity contribution in [1.82, 2.24) is 4.98 Å². The Balaban J connectivity index is 1.87. The number of hydrogen-bond donors (Lipinski definition) is 2. The average Bonchev–Trinajstić information content (AvgIpc) is 2.77. The minimum atomic E-state index is -1.42. The quantitative estimate of drug-likeness (QED) is 0.141. The number of pyridine rings is 1. The summed E-state index contributed by atoms with van der Waals surface area (Å²) in [5.74, 6) is -4.03. The third-order valence-corrected chi connectivity index (χ3v) is 6.27. The molecule has 1 aliphatic rings. The zero-order valence-corrected chi connectivity index (χ0v) is 23.2. The molecule has 0 saturated carbocycles. The van der Waals surface area contributed by atoms with Crippen LogP contribution in [0.5, 0.6) is 5.75 Å². The number of rotatable bonds is 3. The lowest BCUT2D eigenvalue weighted by molar-refractivity contribution is -0.235. The van der Waals surface area contributed by atoms with E-state index >= 15 is 0 Å². The van der Waals surface area contributed by atoms with Crippen LogP contribution in [0.3, 0.4) is 0 Å². The largest absolute Gasteiger partial charge is 0.507 e. The number of hydrogen-bond acceptors (Lipinski definition) is 7.